The second-order valence-corrected chi connectivity index (χ2v) is 10.4. The number of pyridine rings is 2. The first-order valence-corrected chi connectivity index (χ1v) is 12.5. The van der Waals surface area contributed by atoms with Gasteiger partial charge in [0.25, 0.3) is 0 Å². The Bertz CT molecular complexity index is 876. The van der Waals surface area contributed by atoms with Gasteiger partial charge in [-0.1, -0.05) is 32.9 Å². The summed E-state index contributed by atoms with van der Waals surface area (Å²) in [5.41, 5.74) is 3.70. The van der Waals surface area contributed by atoms with Crippen LogP contribution in [0, 0.1) is 0 Å². The van der Waals surface area contributed by atoms with Crippen molar-refractivity contribution in [1.29, 1.82) is 0 Å². The zero-order chi connectivity index (χ0) is 23.4. The van der Waals surface area contributed by atoms with E-state index in [2.05, 4.69) is 66.9 Å². The highest BCUT2D eigenvalue weighted by atomic mass is 16.5. The molecule has 2 aromatic rings. The van der Waals surface area contributed by atoms with Crippen LogP contribution in [0.3, 0.4) is 0 Å². The molecule has 0 aliphatic carbocycles. The standard InChI is InChI=1S/C27H40N4O2/c1-20(2)25-7-5-22(16-28-25)18-31-13-14-33-19-24(31)15-21(3)26-8-6-23(17-29-26)27(32)9-11-30(4)12-10-27/h5-8,16-17,20-21,24,32H,9-15,18-19H2,1-4H3. The number of hydrogen-bond donors (Lipinski definition) is 1. The largest absolute Gasteiger partial charge is 0.385 e. The maximum Gasteiger partial charge on any atom is 0.0935 e. The van der Waals surface area contributed by atoms with E-state index in [0.29, 0.717) is 17.9 Å². The molecule has 2 atom stereocenters. The Balaban J connectivity index is 1.38. The molecule has 4 heterocycles. The van der Waals surface area contributed by atoms with E-state index in [1.165, 1.54) is 5.56 Å². The minimum atomic E-state index is -0.742. The number of nitrogens with zero attached hydrogens (tertiary/aromatic N) is 4. The van der Waals surface area contributed by atoms with Crippen LogP contribution in [0.25, 0.3) is 0 Å². The second kappa shape index (κ2) is 10.6. The van der Waals surface area contributed by atoms with Gasteiger partial charge in [0.05, 0.1) is 18.8 Å². The van der Waals surface area contributed by atoms with Crippen molar-refractivity contribution in [3.05, 3.63) is 59.2 Å². The number of piperidine rings is 1. The number of hydrogen-bond acceptors (Lipinski definition) is 6. The average Bonchev–Trinajstić information content (AvgIpc) is 2.83. The zero-order valence-electron chi connectivity index (χ0n) is 20.7. The lowest BCUT2D eigenvalue weighted by Crippen LogP contribution is -2.45. The molecule has 180 valence electrons. The van der Waals surface area contributed by atoms with Crippen molar-refractivity contribution in [2.75, 3.05) is 39.9 Å². The van der Waals surface area contributed by atoms with E-state index in [-0.39, 0.29) is 0 Å². The summed E-state index contributed by atoms with van der Waals surface area (Å²) in [4.78, 5) is 14.2. The topological polar surface area (TPSA) is 61.7 Å². The maximum absolute atomic E-state index is 11.1. The number of rotatable bonds is 7. The highest BCUT2D eigenvalue weighted by molar-refractivity contribution is 5.23. The van der Waals surface area contributed by atoms with Crippen molar-refractivity contribution in [3.63, 3.8) is 0 Å². The van der Waals surface area contributed by atoms with Crippen molar-refractivity contribution < 1.29 is 9.84 Å². The summed E-state index contributed by atoms with van der Waals surface area (Å²) in [6.07, 6.45) is 6.45. The number of aliphatic hydroxyl groups is 1. The van der Waals surface area contributed by atoms with Crippen LogP contribution in [0.15, 0.2) is 36.7 Å². The minimum absolute atomic E-state index is 0.321. The molecule has 0 radical (unpaired) electrons. The van der Waals surface area contributed by atoms with Crippen LogP contribution in [0.5, 0.6) is 0 Å². The van der Waals surface area contributed by atoms with E-state index < -0.39 is 5.60 Å². The van der Waals surface area contributed by atoms with Crippen molar-refractivity contribution >= 4 is 0 Å². The molecule has 2 aliphatic rings. The van der Waals surface area contributed by atoms with Crippen LogP contribution in [-0.2, 0) is 16.9 Å². The average molecular weight is 453 g/mol. The van der Waals surface area contributed by atoms with Crippen LogP contribution in [0.4, 0.5) is 0 Å². The SMILES string of the molecule is CC(C)c1ccc(CN2CCOCC2CC(C)c2ccc(C3(O)CCN(C)CC3)cn2)cn1. The molecule has 0 amide bonds. The fraction of sp³-hybridized carbons (Fsp3) is 0.630. The van der Waals surface area contributed by atoms with E-state index in [9.17, 15) is 5.11 Å². The summed E-state index contributed by atoms with van der Waals surface area (Å²) in [6, 6.07) is 8.92. The Morgan fingerprint density at radius 2 is 1.76 bits per heavy atom. The minimum Gasteiger partial charge on any atom is -0.385 e. The summed E-state index contributed by atoms with van der Waals surface area (Å²) in [6.45, 7) is 11.8. The van der Waals surface area contributed by atoms with Gasteiger partial charge in [-0.15, -0.1) is 0 Å². The molecule has 2 unspecified atom stereocenters. The van der Waals surface area contributed by atoms with E-state index in [1.807, 2.05) is 12.4 Å². The predicted molar refractivity (Wildman–Crippen MR) is 131 cm³/mol. The number of likely N-dealkylation sites (tertiary alicyclic amines) is 1. The Hall–Kier alpha value is -1.86. The summed E-state index contributed by atoms with van der Waals surface area (Å²) in [5.74, 6) is 0.775. The van der Waals surface area contributed by atoms with Gasteiger partial charge in [0, 0.05) is 61.6 Å². The summed E-state index contributed by atoms with van der Waals surface area (Å²) < 4.78 is 5.84. The first-order chi connectivity index (χ1) is 15.8. The lowest BCUT2D eigenvalue weighted by molar-refractivity contribution is -0.0206. The fourth-order valence-corrected chi connectivity index (χ4v) is 5.00. The fourth-order valence-electron chi connectivity index (χ4n) is 5.00. The third-order valence-corrected chi connectivity index (χ3v) is 7.44. The van der Waals surface area contributed by atoms with Crippen LogP contribution in [-0.4, -0.2) is 70.8 Å². The molecule has 2 aromatic heterocycles. The second-order valence-electron chi connectivity index (χ2n) is 10.4. The van der Waals surface area contributed by atoms with Crippen LogP contribution < -0.4 is 0 Å². The third-order valence-electron chi connectivity index (χ3n) is 7.44. The Morgan fingerprint density at radius 1 is 1.03 bits per heavy atom. The van der Waals surface area contributed by atoms with Gasteiger partial charge in [-0.05, 0) is 55.8 Å². The van der Waals surface area contributed by atoms with E-state index in [1.54, 1.807) is 0 Å². The van der Waals surface area contributed by atoms with Gasteiger partial charge in [0.2, 0.25) is 0 Å². The first-order valence-electron chi connectivity index (χ1n) is 12.5. The van der Waals surface area contributed by atoms with Gasteiger partial charge < -0.3 is 14.7 Å². The van der Waals surface area contributed by atoms with Crippen molar-refractivity contribution in [3.8, 4) is 0 Å². The van der Waals surface area contributed by atoms with Gasteiger partial charge >= 0.3 is 0 Å². The molecule has 33 heavy (non-hydrogen) atoms. The summed E-state index contributed by atoms with van der Waals surface area (Å²) >= 11 is 0. The van der Waals surface area contributed by atoms with Crippen LogP contribution in [0.2, 0.25) is 0 Å². The molecule has 6 nitrogen and oxygen atoms in total. The molecular formula is C27H40N4O2. The molecule has 2 saturated heterocycles. The maximum atomic E-state index is 11.1. The normalized spacial score (nSPS) is 23.0. The lowest BCUT2D eigenvalue weighted by atomic mass is 9.85. The zero-order valence-corrected chi connectivity index (χ0v) is 20.7. The van der Waals surface area contributed by atoms with Crippen LogP contribution in [0.1, 0.15) is 74.4 Å². The van der Waals surface area contributed by atoms with Crippen molar-refractivity contribution in [2.45, 2.75) is 70.1 Å². The lowest BCUT2D eigenvalue weighted by Gasteiger charge is -2.37. The van der Waals surface area contributed by atoms with Gasteiger partial charge in [-0.2, -0.15) is 0 Å². The Labute approximate surface area is 199 Å². The number of aromatic nitrogens is 2. The van der Waals surface area contributed by atoms with E-state index >= 15 is 0 Å². The van der Waals surface area contributed by atoms with E-state index in [4.69, 9.17) is 9.72 Å². The molecule has 4 rings (SSSR count). The van der Waals surface area contributed by atoms with Gasteiger partial charge in [-0.3, -0.25) is 14.9 Å². The van der Waals surface area contributed by atoms with Gasteiger partial charge in [0.15, 0.2) is 0 Å². The molecule has 6 heteroatoms. The highest BCUT2D eigenvalue weighted by Crippen LogP contribution is 2.33. The van der Waals surface area contributed by atoms with Gasteiger partial charge in [-0.25, -0.2) is 0 Å². The smallest absolute Gasteiger partial charge is 0.0935 e. The van der Waals surface area contributed by atoms with Crippen LogP contribution >= 0.6 is 0 Å². The molecule has 0 aromatic carbocycles. The highest BCUT2D eigenvalue weighted by Gasteiger charge is 2.33. The van der Waals surface area contributed by atoms with E-state index in [0.717, 1.165) is 75.6 Å². The quantitative estimate of drug-likeness (QED) is 0.687. The summed E-state index contributed by atoms with van der Waals surface area (Å²) in [7, 11) is 2.11. The Kier molecular flexibility index (Phi) is 7.80. The predicted octanol–water partition coefficient (Wildman–Crippen LogP) is 3.91. The number of morpholine rings is 1. The summed E-state index contributed by atoms with van der Waals surface area (Å²) in [5, 5.41) is 11.1. The van der Waals surface area contributed by atoms with Crippen molar-refractivity contribution in [2.24, 2.45) is 0 Å². The molecule has 0 saturated carbocycles. The van der Waals surface area contributed by atoms with Crippen molar-refractivity contribution in [1.82, 2.24) is 19.8 Å². The molecule has 0 bridgehead atoms. The molecular weight excluding hydrogens is 412 g/mol. The molecule has 2 fully saturated rings. The Morgan fingerprint density at radius 3 is 2.39 bits per heavy atom. The molecule has 1 N–H and O–H groups in total. The number of ether oxygens (including phenoxy) is 1. The van der Waals surface area contributed by atoms with Gasteiger partial charge in [0.1, 0.15) is 0 Å². The molecule has 2 aliphatic heterocycles. The third kappa shape index (κ3) is 5.99. The monoisotopic (exact) mass is 452 g/mol. The molecule has 0 spiro atoms. The first kappa shape index (κ1) is 24.3.